The minimum Gasteiger partial charge on any atom is -0.438 e. The summed E-state index contributed by atoms with van der Waals surface area (Å²) in [6.07, 6.45) is 3.53. The SMILES string of the molecule is c1ccc2c(Oc3ccc4cnccc4n3)cccc2c1. The van der Waals surface area contributed by atoms with Gasteiger partial charge in [-0.3, -0.25) is 4.98 Å². The van der Waals surface area contributed by atoms with Crippen LogP contribution in [0.1, 0.15) is 0 Å². The van der Waals surface area contributed by atoms with Crippen LogP contribution in [0.2, 0.25) is 0 Å². The van der Waals surface area contributed by atoms with Gasteiger partial charge in [-0.2, -0.15) is 0 Å². The molecule has 0 saturated carbocycles. The first-order chi connectivity index (χ1) is 10.4. The maximum atomic E-state index is 5.97. The second kappa shape index (κ2) is 4.87. The molecule has 3 nitrogen and oxygen atoms in total. The normalized spacial score (nSPS) is 10.9. The number of aromatic nitrogens is 2. The van der Waals surface area contributed by atoms with E-state index in [0.29, 0.717) is 5.88 Å². The summed E-state index contributed by atoms with van der Waals surface area (Å²) in [4.78, 5) is 8.60. The number of pyridine rings is 2. The highest BCUT2D eigenvalue weighted by Crippen LogP contribution is 2.29. The number of hydrogen-bond acceptors (Lipinski definition) is 3. The predicted octanol–water partition coefficient (Wildman–Crippen LogP) is 4.58. The molecule has 2 aromatic carbocycles. The van der Waals surface area contributed by atoms with Crippen molar-refractivity contribution in [2.45, 2.75) is 0 Å². The molecule has 4 rings (SSSR count). The highest BCUT2D eigenvalue weighted by molar-refractivity contribution is 5.88. The molecule has 4 aromatic rings. The summed E-state index contributed by atoms with van der Waals surface area (Å²) in [6, 6.07) is 19.9. The van der Waals surface area contributed by atoms with E-state index in [1.165, 1.54) is 0 Å². The summed E-state index contributed by atoms with van der Waals surface area (Å²) in [6.45, 7) is 0. The van der Waals surface area contributed by atoms with Gasteiger partial charge in [-0.25, -0.2) is 4.98 Å². The first-order valence-electron chi connectivity index (χ1n) is 6.76. The molecule has 0 spiro atoms. The average Bonchev–Trinajstić information content (AvgIpc) is 2.55. The Hall–Kier alpha value is -2.94. The first-order valence-corrected chi connectivity index (χ1v) is 6.76. The molecule has 0 aliphatic heterocycles. The Morgan fingerprint density at radius 2 is 1.67 bits per heavy atom. The van der Waals surface area contributed by atoms with Crippen LogP contribution in [0.5, 0.6) is 11.6 Å². The van der Waals surface area contributed by atoms with Crippen LogP contribution in [0.4, 0.5) is 0 Å². The third-order valence-corrected chi connectivity index (χ3v) is 3.43. The minimum atomic E-state index is 0.588. The highest BCUT2D eigenvalue weighted by atomic mass is 16.5. The Labute approximate surface area is 121 Å². The van der Waals surface area contributed by atoms with Crippen molar-refractivity contribution in [1.82, 2.24) is 9.97 Å². The van der Waals surface area contributed by atoms with Gasteiger partial charge in [-0.15, -0.1) is 0 Å². The Kier molecular flexibility index (Phi) is 2.75. The predicted molar refractivity (Wildman–Crippen MR) is 83.6 cm³/mol. The standard InChI is InChI=1S/C18H12N2O/c1-2-6-15-13(4-1)5-3-7-17(15)21-18-9-8-14-12-19-11-10-16(14)20-18/h1-12H. The van der Waals surface area contributed by atoms with Crippen molar-refractivity contribution in [3.63, 3.8) is 0 Å². The van der Waals surface area contributed by atoms with Gasteiger partial charge >= 0.3 is 0 Å². The lowest BCUT2D eigenvalue weighted by molar-refractivity contribution is 0.470. The number of fused-ring (bicyclic) bond motifs is 2. The number of benzene rings is 2. The van der Waals surface area contributed by atoms with Crippen molar-refractivity contribution in [3.8, 4) is 11.6 Å². The monoisotopic (exact) mass is 272 g/mol. The topological polar surface area (TPSA) is 35.0 Å². The largest absolute Gasteiger partial charge is 0.438 e. The lowest BCUT2D eigenvalue weighted by Crippen LogP contribution is -1.90. The van der Waals surface area contributed by atoms with Crippen LogP contribution in [0.15, 0.2) is 73.1 Å². The molecule has 0 atom stereocenters. The van der Waals surface area contributed by atoms with Crippen LogP contribution < -0.4 is 4.74 Å². The quantitative estimate of drug-likeness (QED) is 0.536. The summed E-state index contributed by atoms with van der Waals surface area (Å²) in [5.41, 5.74) is 0.878. The van der Waals surface area contributed by atoms with E-state index < -0.39 is 0 Å². The van der Waals surface area contributed by atoms with E-state index in [4.69, 9.17) is 4.74 Å². The molecular weight excluding hydrogens is 260 g/mol. The van der Waals surface area contributed by atoms with E-state index in [1.54, 1.807) is 12.4 Å². The molecule has 100 valence electrons. The summed E-state index contributed by atoms with van der Waals surface area (Å²) in [7, 11) is 0. The first kappa shape index (κ1) is 11.9. The molecule has 0 radical (unpaired) electrons. The fraction of sp³-hybridized carbons (Fsp3) is 0. The Morgan fingerprint density at radius 1 is 0.762 bits per heavy atom. The number of nitrogens with zero attached hydrogens (tertiary/aromatic N) is 2. The van der Waals surface area contributed by atoms with Gasteiger partial charge in [-0.05, 0) is 23.6 Å². The fourth-order valence-corrected chi connectivity index (χ4v) is 2.40. The third kappa shape index (κ3) is 2.19. The molecule has 0 amide bonds. The van der Waals surface area contributed by atoms with Gasteiger partial charge in [0, 0.05) is 29.2 Å². The van der Waals surface area contributed by atoms with E-state index in [9.17, 15) is 0 Å². The smallest absolute Gasteiger partial charge is 0.219 e. The van der Waals surface area contributed by atoms with E-state index >= 15 is 0 Å². The van der Waals surface area contributed by atoms with Gasteiger partial charge in [0.25, 0.3) is 0 Å². The molecule has 0 bridgehead atoms. The molecule has 0 aliphatic rings. The second-order valence-electron chi connectivity index (χ2n) is 4.80. The fourth-order valence-electron chi connectivity index (χ4n) is 2.40. The summed E-state index contributed by atoms with van der Waals surface area (Å²) >= 11 is 0. The van der Waals surface area contributed by atoms with Gasteiger partial charge in [0.05, 0.1) is 5.52 Å². The molecule has 0 fully saturated rings. The third-order valence-electron chi connectivity index (χ3n) is 3.43. The van der Waals surface area contributed by atoms with Crippen molar-refractivity contribution in [2.24, 2.45) is 0 Å². The summed E-state index contributed by atoms with van der Waals surface area (Å²) < 4.78 is 5.97. The lowest BCUT2D eigenvalue weighted by Gasteiger charge is -2.08. The van der Waals surface area contributed by atoms with Crippen LogP contribution in [0, 0.1) is 0 Å². The maximum Gasteiger partial charge on any atom is 0.219 e. The van der Waals surface area contributed by atoms with Crippen LogP contribution in [-0.2, 0) is 0 Å². The molecule has 2 aromatic heterocycles. The van der Waals surface area contributed by atoms with Gasteiger partial charge in [0.2, 0.25) is 5.88 Å². The second-order valence-corrected chi connectivity index (χ2v) is 4.80. The molecule has 0 aliphatic carbocycles. The van der Waals surface area contributed by atoms with E-state index in [2.05, 4.69) is 28.2 Å². The molecule has 0 unspecified atom stereocenters. The Balaban J connectivity index is 1.79. The molecule has 2 heterocycles. The van der Waals surface area contributed by atoms with Gasteiger partial charge in [-0.1, -0.05) is 36.4 Å². The zero-order valence-corrected chi connectivity index (χ0v) is 11.2. The zero-order chi connectivity index (χ0) is 14.1. The van der Waals surface area contributed by atoms with Crippen molar-refractivity contribution >= 4 is 21.7 Å². The van der Waals surface area contributed by atoms with Gasteiger partial charge < -0.3 is 4.74 Å². The molecule has 3 heteroatoms. The van der Waals surface area contributed by atoms with Gasteiger partial charge in [0.15, 0.2) is 0 Å². The molecular formula is C18H12N2O. The Bertz CT molecular complexity index is 929. The molecule has 0 saturated heterocycles. The van der Waals surface area contributed by atoms with Crippen molar-refractivity contribution < 1.29 is 4.74 Å². The number of ether oxygens (including phenoxy) is 1. The van der Waals surface area contributed by atoms with Crippen molar-refractivity contribution in [3.05, 3.63) is 73.1 Å². The Morgan fingerprint density at radius 3 is 2.67 bits per heavy atom. The minimum absolute atomic E-state index is 0.588. The van der Waals surface area contributed by atoms with Crippen LogP contribution in [-0.4, -0.2) is 9.97 Å². The van der Waals surface area contributed by atoms with Crippen molar-refractivity contribution in [1.29, 1.82) is 0 Å². The number of rotatable bonds is 2. The highest BCUT2D eigenvalue weighted by Gasteiger charge is 2.04. The average molecular weight is 272 g/mol. The molecule has 0 N–H and O–H groups in total. The molecule has 21 heavy (non-hydrogen) atoms. The maximum absolute atomic E-state index is 5.97. The zero-order valence-electron chi connectivity index (χ0n) is 11.2. The van der Waals surface area contributed by atoms with E-state index in [-0.39, 0.29) is 0 Å². The van der Waals surface area contributed by atoms with E-state index in [1.807, 2.05) is 42.5 Å². The van der Waals surface area contributed by atoms with Crippen LogP contribution >= 0.6 is 0 Å². The van der Waals surface area contributed by atoms with E-state index in [0.717, 1.165) is 27.4 Å². The summed E-state index contributed by atoms with van der Waals surface area (Å²) in [5.74, 6) is 1.40. The van der Waals surface area contributed by atoms with Gasteiger partial charge in [0.1, 0.15) is 5.75 Å². The lowest BCUT2D eigenvalue weighted by atomic mass is 10.1. The van der Waals surface area contributed by atoms with Crippen molar-refractivity contribution in [2.75, 3.05) is 0 Å². The van der Waals surface area contributed by atoms with Crippen LogP contribution in [0.25, 0.3) is 21.7 Å². The number of hydrogen-bond donors (Lipinski definition) is 0. The van der Waals surface area contributed by atoms with Crippen LogP contribution in [0.3, 0.4) is 0 Å². The summed E-state index contributed by atoms with van der Waals surface area (Å²) in [5, 5.41) is 3.24.